The molecule has 6 nitrogen and oxygen atoms in total. The molecule has 1 heterocycles. The molecule has 1 amide bonds. The lowest BCUT2D eigenvalue weighted by molar-refractivity contribution is 0.0950. The van der Waals surface area contributed by atoms with Crippen LogP contribution < -0.4 is 15.8 Å². The molecule has 2 aromatic rings. The summed E-state index contributed by atoms with van der Waals surface area (Å²) in [6, 6.07) is 6.59. The van der Waals surface area contributed by atoms with Crippen molar-refractivity contribution in [2.75, 3.05) is 12.8 Å². The molecular weight excluding hydrogens is 234 g/mol. The van der Waals surface area contributed by atoms with Crippen LogP contribution >= 0.6 is 0 Å². The van der Waals surface area contributed by atoms with Gasteiger partial charge in [0.1, 0.15) is 17.7 Å². The highest BCUT2D eigenvalue weighted by Gasteiger charge is 2.11. The summed E-state index contributed by atoms with van der Waals surface area (Å²) in [5.41, 5.74) is 7.16. The van der Waals surface area contributed by atoms with Crippen LogP contribution in [0.25, 0.3) is 0 Å². The molecule has 0 aliphatic heterocycles. The topological polar surface area (TPSA) is 90.4 Å². The number of nitrogens with two attached hydrogens (primary N) is 1. The number of rotatable bonds is 4. The van der Waals surface area contributed by atoms with Gasteiger partial charge in [0, 0.05) is 11.8 Å². The lowest BCUT2D eigenvalue weighted by atomic mass is 10.1. The van der Waals surface area contributed by atoms with Gasteiger partial charge in [-0.3, -0.25) is 4.79 Å². The quantitative estimate of drug-likeness (QED) is 0.792. The maximum Gasteiger partial charge on any atom is 0.253 e. The number of nitrogens with zero attached hydrogens (tertiary/aromatic N) is 1. The summed E-state index contributed by atoms with van der Waals surface area (Å²) in [5, 5.41) is 6.39. The number of anilines is 1. The van der Waals surface area contributed by atoms with Gasteiger partial charge in [0.15, 0.2) is 0 Å². The molecule has 0 saturated carbocycles. The van der Waals surface area contributed by atoms with Crippen LogP contribution in [0.4, 0.5) is 5.69 Å². The highest BCUT2D eigenvalue weighted by Crippen LogP contribution is 2.19. The molecule has 0 unspecified atom stereocenters. The van der Waals surface area contributed by atoms with E-state index in [1.54, 1.807) is 24.3 Å². The summed E-state index contributed by atoms with van der Waals surface area (Å²) in [6.07, 6.45) is 1.45. The van der Waals surface area contributed by atoms with Crippen molar-refractivity contribution < 1.29 is 14.1 Å². The number of ether oxygens (including phenoxy) is 1. The average Bonchev–Trinajstić information content (AvgIpc) is 2.89. The fourth-order valence-electron chi connectivity index (χ4n) is 1.45. The molecular formula is C12H13N3O3. The zero-order valence-corrected chi connectivity index (χ0v) is 9.84. The molecule has 1 aromatic heterocycles. The molecule has 6 heteroatoms. The van der Waals surface area contributed by atoms with Gasteiger partial charge in [0.05, 0.1) is 19.2 Å². The molecule has 0 bridgehead atoms. The molecule has 0 aliphatic carbocycles. The number of methoxy groups -OCH3 is 1. The van der Waals surface area contributed by atoms with Crippen LogP contribution in [0.3, 0.4) is 0 Å². The van der Waals surface area contributed by atoms with E-state index in [-0.39, 0.29) is 12.5 Å². The second-order valence-electron chi connectivity index (χ2n) is 3.63. The molecule has 1 aromatic carbocycles. The summed E-state index contributed by atoms with van der Waals surface area (Å²) in [7, 11) is 1.53. The molecule has 0 atom stereocenters. The third-order valence-electron chi connectivity index (χ3n) is 2.43. The maximum absolute atomic E-state index is 11.9. The van der Waals surface area contributed by atoms with Gasteiger partial charge in [-0.25, -0.2) is 0 Å². The fourth-order valence-corrected chi connectivity index (χ4v) is 1.45. The maximum atomic E-state index is 11.9. The predicted molar refractivity (Wildman–Crippen MR) is 65.1 cm³/mol. The van der Waals surface area contributed by atoms with Gasteiger partial charge >= 0.3 is 0 Å². The van der Waals surface area contributed by atoms with E-state index >= 15 is 0 Å². The van der Waals surface area contributed by atoms with E-state index in [9.17, 15) is 4.79 Å². The largest absolute Gasteiger partial charge is 0.497 e. The van der Waals surface area contributed by atoms with E-state index in [4.69, 9.17) is 10.5 Å². The van der Waals surface area contributed by atoms with Gasteiger partial charge in [0.25, 0.3) is 5.91 Å². The Morgan fingerprint density at radius 2 is 2.33 bits per heavy atom. The van der Waals surface area contributed by atoms with Crippen LogP contribution in [0, 0.1) is 0 Å². The first-order valence-corrected chi connectivity index (χ1v) is 5.31. The van der Waals surface area contributed by atoms with Crippen molar-refractivity contribution in [3.05, 3.63) is 41.8 Å². The number of carbonyl (C=O) groups excluding carboxylic acids is 1. The zero-order chi connectivity index (χ0) is 13.0. The summed E-state index contributed by atoms with van der Waals surface area (Å²) < 4.78 is 9.71. The van der Waals surface area contributed by atoms with E-state index in [2.05, 4.69) is 15.0 Å². The second-order valence-corrected chi connectivity index (χ2v) is 3.63. The Morgan fingerprint density at radius 3 is 3.00 bits per heavy atom. The summed E-state index contributed by atoms with van der Waals surface area (Å²) in [5.74, 6) is 0.296. The molecule has 3 N–H and O–H groups in total. The van der Waals surface area contributed by atoms with Crippen molar-refractivity contribution in [3.8, 4) is 5.75 Å². The number of hydrogen-bond donors (Lipinski definition) is 2. The van der Waals surface area contributed by atoms with E-state index < -0.39 is 0 Å². The van der Waals surface area contributed by atoms with E-state index in [0.717, 1.165) is 0 Å². The van der Waals surface area contributed by atoms with Crippen molar-refractivity contribution in [1.82, 2.24) is 10.5 Å². The van der Waals surface area contributed by atoms with Crippen LogP contribution in [0.5, 0.6) is 5.75 Å². The van der Waals surface area contributed by atoms with E-state index in [0.29, 0.717) is 22.7 Å². The number of benzene rings is 1. The van der Waals surface area contributed by atoms with E-state index in [1.165, 1.54) is 13.4 Å². The van der Waals surface area contributed by atoms with Crippen molar-refractivity contribution >= 4 is 11.6 Å². The Morgan fingerprint density at radius 1 is 1.50 bits per heavy atom. The van der Waals surface area contributed by atoms with Crippen LogP contribution in [-0.2, 0) is 6.54 Å². The van der Waals surface area contributed by atoms with Crippen LogP contribution in [-0.4, -0.2) is 18.2 Å². The molecule has 0 radical (unpaired) electrons. The Bertz CT molecular complexity index is 538. The van der Waals surface area contributed by atoms with Gasteiger partial charge in [0.2, 0.25) is 0 Å². The van der Waals surface area contributed by atoms with Gasteiger partial charge in [-0.05, 0) is 18.2 Å². The van der Waals surface area contributed by atoms with E-state index in [1.807, 2.05) is 0 Å². The first-order chi connectivity index (χ1) is 8.70. The van der Waals surface area contributed by atoms with Crippen molar-refractivity contribution in [3.63, 3.8) is 0 Å². The molecule has 0 fully saturated rings. The minimum atomic E-state index is -0.283. The third-order valence-corrected chi connectivity index (χ3v) is 2.43. The molecule has 94 valence electrons. The number of nitrogens with one attached hydrogen (secondary N) is 1. The van der Waals surface area contributed by atoms with Crippen LogP contribution in [0.15, 0.2) is 35.1 Å². The SMILES string of the molecule is COc1ccc(N)c(C(=O)NCc2ccon2)c1. The van der Waals surface area contributed by atoms with Crippen LogP contribution in [0.1, 0.15) is 16.1 Å². The van der Waals surface area contributed by atoms with Crippen LogP contribution in [0.2, 0.25) is 0 Å². The second kappa shape index (κ2) is 5.22. The average molecular weight is 247 g/mol. The standard InChI is InChI=1S/C12H13N3O3/c1-17-9-2-3-11(13)10(6-9)12(16)14-7-8-4-5-18-15-8/h2-6H,7,13H2,1H3,(H,14,16). The number of nitrogen functional groups attached to an aromatic ring is 1. The molecule has 18 heavy (non-hydrogen) atoms. The first-order valence-electron chi connectivity index (χ1n) is 5.31. The monoisotopic (exact) mass is 247 g/mol. The van der Waals surface area contributed by atoms with Crippen molar-refractivity contribution in [1.29, 1.82) is 0 Å². The Hall–Kier alpha value is -2.50. The smallest absolute Gasteiger partial charge is 0.253 e. The normalized spacial score (nSPS) is 10.1. The fraction of sp³-hybridized carbons (Fsp3) is 0.167. The predicted octanol–water partition coefficient (Wildman–Crippen LogP) is 1.20. The van der Waals surface area contributed by atoms with Gasteiger partial charge in [-0.1, -0.05) is 5.16 Å². The summed E-state index contributed by atoms with van der Waals surface area (Å²) >= 11 is 0. The van der Waals surface area contributed by atoms with Gasteiger partial charge in [-0.2, -0.15) is 0 Å². The number of hydrogen-bond acceptors (Lipinski definition) is 5. The molecule has 0 aliphatic rings. The zero-order valence-electron chi connectivity index (χ0n) is 9.84. The Kier molecular flexibility index (Phi) is 3.47. The number of amides is 1. The molecule has 0 saturated heterocycles. The summed E-state index contributed by atoms with van der Waals surface area (Å²) in [6.45, 7) is 0.284. The lowest BCUT2D eigenvalue weighted by Crippen LogP contribution is -2.24. The lowest BCUT2D eigenvalue weighted by Gasteiger charge is -2.08. The number of carbonyl (C=O) groups is 1. The van der Waals surface area contributed by atoms with Gasteiger partial charge in [-0.15, -0.1) is 0 Å². The Labute approximate surface area is 104 Å². The highest BCUT2D eigenvalue weighted by molar-refractivity contribution is 5.99. The molecule has 2 rings (SSSR count). The minimum Gasteiger partial charge on any atom is -0.497 e. The Balaban J connectivity index is 2.08. The minimum absolute atomic E-state index is 0.283. The first kappa shape index (κ1) is 12.0. The van der Waals surface area contributed by atoms with Crippen molar-refractivity contribution in [2.45, 2.75) is 6.54 Å². The number of aromatic nitrogens is 1. The third kappa shape index (κ3) is 2.60. The molecule has 0 spiro atoms. The van der Waals surface area contributed by atoms with Gasteiger partial charge < -0.3 is 20.3 Å². The van der Waals surface area contributed by atoms with Crippen molar-refractivity contribution in [2.24, 2.45) is 0 Å². The highest BCUT2D eigenvalue weighted by atomic mass is 16.5. The summed E-state index contributed by atoms with van der Waals surface area (Å²) in [4.78, 5) is 11.9.